The van der Waals surface area contributed by atoms with Gasteiger partial charge in [-0.3, -0.25) is 4.79 Å². The van der Waals surface area contributed by atoms with Crippen molar-refractivity contribution in [2.45, 2.75) is 13.0 Å². The van der Waals surface area contributed by atoms with Crippen LogP contribution in [0.4, 0.5) is 0 Å². The van der Waals surface area contributed by atoms with Crippen LogP contribution in [0.15, 0.2) is 0 Å². The average Bonchev–Trinajstić information content (AvgIpc) is 2.65. The van der Waals surface area contributed by atoms with Gasteiger partial charge < -0.3 is 20.1 Å². The van der Waals surface area contributed by atoms with Crippen LogP contribution in [0.1, 0.15) is 6.92 Å². The number of aliphatic hydroxyl groups is 1. The second-order valence-corrected chi connectivity index (χ2v) is 4.60. The van der Waals surface area contributed by atoms with Crippen LogP contribution in [-0.2, 0) is 9.53 Å². The van der Waals surface area contributed by atoms with Gasteiger partial charge in [-0.15, -0.1) is 0 Å². The molecule has 5 nitrogen and oxygen atoms in total. The molecule has 0 aromatic carbocycles. The third-order valence-corrected chi connectivity index (χ3v) is 3.39. The quantitative estimate of drug-likeness (QED) is 0.652. The third kappa shape index (κ3) is 2.21. The molecule has 92 valence electrons. The minimum Gasteiger partial charge on any atom is -0.396 e. The molecule has 0 spiro atoms. The van der Waals surface area contributed by atoms with Gasteiger partial charge in [0.25, 0.3) is 0 Å². The fourth-order valence-electron chi connectivity index (χ4n) is 2.36. The average molecular weight is 228 g/mol. The van der Waals surface area contributed by atoms with Gasteiger partial charge in [-0.05, 0) is 6.54 Å². The molecule has 2 saturated heterocycles. The van der Waals surface area contributed by atoms with E-state index >= 15 is 0 Å². The summed E-state index contributed by atoms with van der Waals surface area (Å²) in [6, 6.07) is 0.158. The highest BCUT2D eigenvalue weighted by Gasteiger charge is 2.40. The Hall–Kier alpha value is -0.650. The lowest BCUT2D eigenvalue weighted by Crippen LogP contribution is -2.55. The molecular weight excluding hydrogens is 208 g/mol. The van der Waals surface area contributed by atoms with Crippen molar-refractivity contribution in [2.24, 2.45) is 11.8 Å². The molecule has 2 rings (SSSR count). The zero-order valence-corrected chi connectivity index (χ0v) is 9.69. The molecule has 2 heterocycles. The van der Waals surface area contributed by atoms with Gasteiger partial charge in [0.1, 0.15) is 0 Å². The largest absolute Gasteiger partial charge is 0.396 e. The first-order valence-electron chi connectivity index (χ1n) is 5.97. The summed E-state index contributed by atoms with van der Waals surface area (Å²) in [5, 5.41) is 12.2. The molecule has 1 amide bonds. The van der Waals surface area contributed by atoms with Crippen molar-refractivity contribution in [3.63, 3.8) is 0 Å². The molecule has 2 atom stereocenters. The van der Waals surface area contributed by atoms with Crippen LogP contribution in [-0.4, -0.2) is 61.4 Å². The third-order valence-electron chi connectivity index (χ3n) is 3.39. The fourth-order valence-corrected chi connectivity index (χ4v) is 2.36. The lowest BCUT2D eigenvalue weighted by Gasteiger charge is -2.40. The highest BCUT2D eigenvalue weighted by atomic mass is 16.5. The van der Waals surface area contributed by atoms with E-state index in [1.54, 1.807) is 0 Å². The van der Waals surface area contributed by atoms with Gasteiger partial charge in [-0.25, -0.2) is 0 Å². The zero-order valence-electron chi connectivity index (χ0n) is 9.69. The van der Waals surface area contributed by atoms with Crippen LogP contribution in [0.25, 0.3) is 0 Å². The number of amides is 1. The van der Waals surface area contributed by atoms with Crippen molar-refractivity contribution in [3.05, 3.63) is 0 Å². The van der Waals surface area contributed by atoms with Crippen LogP contribution in [0.5, 0.6) is 0 Å². The van der Waals surface area contributed by atoms with Crippen LogP contribution in [0.2, 0.25) is 0 Å². The SMILES string of the molecule is CCNC1COCC1C(=O)N1CC(CO)C1. The van der Waals surface area contributed by atoms with E-state index in [0.29, 0.717) is 26.3 Å². The molecule has 0 bridgehead atoms. The number of likely N-dealkylation sites (tertiary alicyclic amines) is 1. The molecule has 5 heteroatoms. The lowest BCUT2D eigenvalue weighted by atomic mass is 9.95. The van der Waals surface area contributed by atoms with Gasteiger partial charge >= 0.3 is 0 Å². The van der Waals surface area contributed by atoms with Crippen molar-refractivity contribution in [1.82, 2.24) is 10.2 Å². The van der Waals surface area contributed by atoms with Crippen LogP contribution < -0.4 is 5.32 Å². The summed E-state index contributed by atoms with van der Waals surface area (Å²) in [6.45, 7) is 5.62. The summed E-state index contributed by atoms with van der Waals surface area (Å²) in [5.41, 5.74) is 0. The van der Waals surface area contributed by atoms with Gasteiger partial charge in [0, 0.05) is 31.7 Å². The smallest absolute Gasteiger partial charge is 0.229 e. The van der Waals surface area contributed by atoms with Crippen molar-refractivity contribution >= 4 is 5.91 Å². The Bertz CT molecular complexity index is 254. The first-order chi connectivity index (χ1) is 7.76. The number of carbonyl (C=O) groups is 1. The van der Waals surface area contributed by atoms with E-state index in [4.69, 9.17) is 9.84 Å². The van der Waals surface area contributed by atoms with Crippen molar-refractivity contribution in [1.29, 1.82) is 0 Å². The number of hydrogen-bond donors (Lipinski definition) is 2. The second-order valence-electron chi connectivity index (χ2n) is 4.60. The monoisotopic (exact) mass is 228 g/mol. The molecule has 0 aromatic heterocycles. The van der Waals surface area contributed by atoms with E-state index in [1.807, 2.05) is 11.8 Å². The minimum absolute atomic E-state index is 0.0420. The number of nitrogens with zero attached hydrogens (tertiary/aromatic N) is 1. The Morgan fingerprint density at radius 3 is 2.88 bits per heavy atom. The highest BCUT2D eigenvalue weighted by Crippen LogP contribution is 2.22. The normalized spacial score (nSPS) is 30.5. The van der Waals surface area contributed by atoms with E-state index in [0.717, 1.165) is 6.54 Å². The Morgan fingerprint density at radius 1 is 1.50 bits per heavy atom. The van der Waals surface area contributed by atoms with Crippen molar-refractivity contribution in [2.75, 3.05) is 39.5 Å². The molecule has 0 aromatic rings. The minimum atomic E-state index is -0.0420. The summed E-state index contributed by atoms with van der Waals surface area (Å²) >= 11 is 0. The second kappa shape index (κ2) is 5.12. The topological polar surface area (TPSA) is 61.8 Å². The number of ether oxygens (including phenoxy) is 1. The number of rotatable bonds is 4. The predicted octanol–water partition coefficient (Wildman–Crippen LogP) is -0.938. The first-order valence-corrected chi connectivity index (χ1v) is 5.97. The van der Waals surface area contributed by atoms with Gasteiger partial charge in [0.05, 0.1) is 19.1 Å². The summed E-state index contributed by atoms with van der Waals surface area (Å²) in [5.74, 6) is 0.414. The number of aliphatic hydroxyl groups excluding tert-OH is 1. The summed E-state index contributed by atoms with van der Waals surface area (Å²) in [4.78, 5) is 13.9. The Morgan fingerprint density at radius 2 is 2.25 bits per heavy atom. The van der Waals surface area contributed by atoms with Gasteiger partial charge in [0.15, 0.2) is 0 Å². The molecule has 2 N–H and O–H groups in total. The zero-order chi connectivity index (χ0) is 11.5. The van der Waals surface area contributed by atoms with E-state index < -0.39 is 0 Å². The fraction of sp³-hybridized carbons (Fsp3) is 0.909. The van der Waals surface area contributed by atoms with Gasteiger partial charge in [-0.1, -0.05) is 6.92 Å². The maximum atomic E-state index is 12.1. The summed E-state index contributed by atoms with van der Waals surface area (Å²) < 4.78 is 5.36. The first kappa shape index (κ1) is 11.8. The Labute approximate surface area is 95.8 Å². The maximum Gasteiger partial charge on any atom is 0.229 e. The van der Waals surface area contributed by atoms with Gasteiger partial charge in [-0.2, -0.15) is 0 Å². The van der Waals surface area contributed by atoms with Crippen LogP contribution in [0.3, 0.4) is 0 Å². The molecule has 2 aliphatic heterocycles. The number of likely N-dealkylation sites (N-methyl/N-ethyl adjacent to an activating group) is 1. The van der Waals surface area contributed by atoms with Gasteiger partial charge in [0.2, 0.25) is 5.91 Å². The number of carbonyl (C=O) groups excluding carboxylic acids is 1. The molecular formula is C11H20N2O3. The molecule has 2 fully saturated rings. The van der Waals surface area contributed by atoms with E-state index in [9.17, 15) is 4.79 Å². The van der Waals surface area contributed by atoms with E-state index in [2.05, 4.69) is 5.32 Å². The molecule has 0 aliphatic carbocycles. The maximum absolute atomic E-state index is 12.1. The lowest BCUT2D eigenvalue weighted by molar-refractivity contribution is -0.143. The Balaban J connectivity index is 1.84. The molecule has 2 aliphatic rings. The van der Waals surface area contributed by atoms with E-state index in [-0.39, 0.29) is 30.4 Å². The van der Waals surface area contributed by atoms with Crippen LogP contribution in [0, 0.1) is 11.8 Å². The number of hydrogen-bond acceptors (Lipinski definition) is 4. The molecule has 0 radical (unpaired) electrons. The molecule has 0 saturated carbocycles. The number of nitrogens with one attached hydrogen (secondary N) is 1. The van der Waals surface area contributed by atoms with Crippen molar-refractivity contribution < 1.29 is 14.6 Å². The standard InChI is InChI=1S/C11H20N2O3/c1-2-12-10-7-16-6-9(10)11(15)13-3-8(4-13)5-14/h8-10,12,14H,2-7H2,1H3. The molecule has 2 unspecified atom stereocenters. The van der Waals surface area contributed by atoms with E-state index in [1.165, 1.54) is 0 Å². The predicted molar refractivity (Wildman–Crippen MR) is 58.9 cm³/mol. The highest BCUT2D eigenvalue weighted by molar-refractivity contribution is 5.80. The molecule has 16 heavy (non-hydrogen) atoms. The summed E-state index contributed by atoms with van der Waals surface area (Å²) in [7, 11) is 0. The Kier molecular flexibility index (Phi) is 3.78. The van der Waals surface area contributed by atoms with Crippen molar-refractivity contribution in [3.8, 4) is 0 Å². The summed E-state index contributed by atoms with van der Waals surface area (Å²) in [6.07, 6.45) is 0. The van der Waals surface area contributed by atoms with Crippen LogP contribution >= 0.6 is 0 Å².